The third-order valence-electron chi connectivity index (χ3n) is 4.99. The molecular formula is C21H24ClN3O4S2. The van der Waals surface area contributed by atoms with Gasteiger partial charge in [-0.1, -0.05) is 35.9 Å². The van der Waals surface area contributed by atoms with E-state index in [2.05, 4.69) is 5.32 Å². The second-order valence-electron chi connectivity index (χ2n) is 7.20. The van der Waals surface area contributed by atoms with Crippen LogP contribution in [0.4, 0.5) is 11.4 Å². The van der Waals surface area contributed by atoms with Crippen LogP contribution in [0.3, 0.4) is 0 Å². The maximum absolute atomic E-state index is 13.2. The normalized spacial score (nSPS) is 12.7. The quantitative estimate of drug-likeness (QED) is 0.547. The first-order valence-corrected chi connectivity index (χ1v) is 12.8. The number of hydrogen-bond donors (Lipinski definition) is 1. The minimum Gasteiger partial charge on any atom is -0.324 e. The third-order valence-corrected chi connectivity index (χ3v) is 7.33. The number of anilines is 2. The van der Waals surface area contributed by atoms with E-state index in [0.717, 1.165) is 32.1 Å². The van der Waals surface area contributed by atoms with Crippen LogP contribution in [0.15, 0.2) is 41.2 Å². The molecule has 1 aromatic heterocycles. The fourth-order valence-corrected chi connectivity index (χ4v) is 5.95. The van der Waals surface area contributed by atoms with E-state index in [1.165, 1.54) is 0 Å². The summed E-state index contributed by atoms with van der Waals surface area (Å²) in [6.07, 6.45) is 1.33. The van der Waals surface area contributed by atoms with Crippen molar-refractivity contribution in [3.8, 4) is 0 Å². The molecule has 1 heterocycles. The van der Waals surface area contributed by atoms with Gasteiger partial charge in [0, 0.05) is 17.3 Å². The van der Waals surface area contributed by atoms with Crippen molar-refractivity contribution in [3.05, 3.63) is 56.7 Å². The zero-order valence-electron chi connectivity index (χ0n) is 17.7. The van der Waals surface area contributed by atoms with E-state index in [4.69, 9.17) is 11.6 Å². The van der Waals surface area contributed by atoms with E-state index in [-0.39, 0.29) is 11.3 Å². The number of carbonyl (C=O) groups excluding carboxylic acids is 1. The van der Waals surface area contributed by atoms with Crippen molar-refractivity contribution in [3.63, 3.8) is 0 Å². The second kappa shape index (κ2) is 9.02. The van der Waals surface area contributed by atoms with Crippen LogP contribution in [0.25, 0.3) is 10.2 Å². The zero-order valence-corrected chi connectivity index (χ0v) is 20.1. The molecule has 166 valence electrons. The number of carbonyl (C=O) groups is 1. The summed E-state index contributed by atoms with van der Waals surface area (Å²) in [4.78, 5) is 25.2. The van der Waals surface area contributed by atoms with Crippen molar-refractivity contribution in [1.82, 2.24) is 4.57 Å². The molecule has 0 aliphatic carbocycles. The predicted octanol–water partition coefficient (Wildman–Crippen LogP) is 4.23. The highest BCUT2D eigenvalue weighted by Gasteiger charge is 2.32. The lowest BCUT2D eigenvalue weighted by molar-refractivity contribution is -0.117. The van der Waals surface area contributed by atoms with E-state index in [1.807, 2.05) is 6.92 Å². The van der Waals surface area contributed by atoms with Crippen LogP contribution in [0.1, 0.15) is 25.8 Å². The van der Waals surface area contributed by atoms with Crippen molar-refractivity contribution in [1.29, 1.82) is 0 Å². The molecule has 0 unspecified atom stereocenters. The molecule has 3 aromatic rings. The Morgan fingerprint density at radius 2 is 1.94 bits per heavy atom. The SMILES string of the molecule is CC[C@H](C(=O)Nc1ccc2c(c1)sc(=O)n2CC)N(c1cc(Cl)ccc1C)S(C)(=O)=O. The summed E-state index contributed by atoms with van der Waals surface area (Å²) in [5.74, 6) is -0.464. The van der Waals surface area contributed by atoms with Gasteiger partial charge >= 0.3 is 4.87 Å². The summed E-state index contributed by atoms with van der Waals surface area (Å²) < 4.78 is 28.9. The van der Waals surface area contributed by atoms with Crippen molar-refractivity contribution in [2.45, 2.75) is 39.8 Å². The molecule has 0 radical (unpaired) electrons. The summed E-state index contributed by atoms with van der Waals surface area (Å²) in [5.41, 5.74) is 2.35. The Kier molecular flexibility index (Phi) is 6.78. The van der Waals surface area contributed by atoms with E-state index >= 15 is 0 Å². The standard InChI is InChI=1S/C21H24ClN3O4S2/c1-5-16(25(31(4,28)29)18-11-14(22)8-7-13(18)3)20(26)23-15-9-10-17-19(12-15)30-21(27)24(17)6-2/h7-12,16H,5-6H2,1-4H3,(H,23,26)/t16-/m1/s1. The predicted molar refractivity (Wildman–Crippen MR) is 128 cm³/mol. The number of aromatic nitrogens is 1. The molecule has 3 rings (SSSR count). The minimum atomic E-state index is -3.77. The molecule has 31 heavy (non-hydrogen) atoms. The number of hydrogen-bond acceptors (Lipinski definition) is 5. The number of benzene rings is 2. The number of amides is 1. The van der Waals surface area contributed by atoms with Crippen molar-refractivity contribution >= 4 is 60.5 Å². The first-order chi connectivity index (χ1) is 14.6. The largest absolute Gasteiger partial charge is 0.324 e. The van der Waals surface area contributed by atoms with Crippen molar-refractivity contribution < 1.29 is 13.2 Å². The molecule has 0 aliphatic rings. The van der Waals surface area contributed by atoms with Gasteiger partial charge in [0.05, 0.1) is 22.2 Å². The molecule has 0 spiro atoms. The lowest BCUT2D eigenvalue weighted by Crippen LogP contribution is -2.47. The number of nitrogens with zero attached hydrogens (tertiary/aromatic N) is 2. The summed E-state index contributed by atoms with van der Waals surface area (Å²) in [5, 5.41) is 3.19. The van der Waals surface area contributed by atoms with Gasteiger partial charge in [-0.15, -0.1) is 0 Å². The van der Waals surface area contributed by atoms with Crippen molar-refractivity contribution in [2.24, 2.45) is 0 Å². The summed E-state index contributed by atoms with van der Waals surface area (Å²) in [7, 11) is -3.77. The van der Waals surface area contributed by atoms with Gasteiger partial charge < -0.3 is 5.32 Å². The number of fused-ring (bicyclic) bond motifs is 1. The molecule has 1 atom stereocenters. The molecule has 2 aromatic carbocycles. The maximum Gasteiger partial charge on any atom is 0.308 e. The van der Waals surface area contributed by atoms with E-state index < -0.39 is 22.0 Å². The zero-order chi connectivity index (χ0) is 22.9. The number of rotatable bonds is 7. The van der Waals surface area contributed by atoms with Gasteiger partial charge in [0.2, 0.25) is 15.9 Å². The van der Waals surface area contributed by atoms with Crippen LogP contribution in [0, 0.1) is 6.92 Å². The Hall–Kier alpha value is -2.36. The van der Waals surface area contributed by atoms with Gasteiger partial charge in [-0.05, 0) is 56.2 Å². The third kappa shape index (κ3) is 4.78. The molecule has 1 amide bonds. The Morgan fingerprint density at radius 1 is 1.23 bits per heavy atom. The van der Waals surface area contributed by atoms with Crippen LogP contribution < -0.4 is 14.5 Å². The number of aryl methyl sites for hydroxylation is 2. The van der Waals surface area contributed by atoms with Crippen LogP contribution in [-0.4, -0.2) is 31.2 Å². The number of halogens is 1. The molecule has 0 bridgehead atoms. The fraction of sp³-hybridized carbons (Fsp3) is 0.333. The molecular weight excluding hydrogens is 458 g/mol. The first kappa shape index (κ1) is 23.3. The lowest BCUT2D eigenvalue weighted by atomic mass is 10.1. The highest BCUT2D eigenvalue weighted by Crippen LogP contribution is 2.30. The summed E-state index contributed by atoms with van der Waals surface area (Å²) >= 11 is 7.21. The van der Waals surface area contributed by atoms with Crippen LogP contribution in [0.5, 0.6) is 0 Å². The topological polar surface area (TPSA) is 88.5 Å². The Balaban J connectivity index is 1.98. The van der Waals surface area contributed by atoms with E-state index in [9.17, 15) is 18.0 Å². The Labute approximate surface area is 190 Å². The number of thiazole rings is 1. The average molecular weight is 482 g/mol. The highest BCUT2D eigenvalue weighted by molar-refractivity contribution is 7.92. The number of nitrogens with one attached hydrogen (secondary N) is 1. The van der Waals surface area contributed by atoms with Gasteiger partial charge in [0.1, 0.15) is 6.04 Å². The second-order valence-corrected chi connectivity index (χ2v) is 10.5. The van der Waals surface area contributed by atoms with Crippen LogP contribution in [0.2, 0.25) is 5.02 Å². The van der Waals surface area contributed by atoms with E-state index in [0.29, 0.717) is 28.5 Å². The molecule has 10 heteroatoms. The smallest absolute Gasteiger partial charge is 0.308 e. The van der Waals surface area contributed by atoms with E-state index in [1.54, 1.807) is 54.8 Å². The average Bonchev–Trinajstić information content (AvgIpc) is 3.01. The molecule has 0 fully saturated rings. The number of sulfonamides is 1. The molecule has 0 saturated heterocycles. The first-order valence-electron chi connectivity index (χ1n) is 9.76. The highest BCUT2D eigenvalue weighted by atomic mass is 35.5. The monoisotopic (exact) mass is 481 g/mol. The van der Waals surface area contributed by atoms with Gasteiger partial charge in [0.15, 0.2) is 0 Å². The van der Waals surface area contributed by atoms with Gasteiger partial charge in [-0.3, -0.25) is 18.5 Å². The van der Waals surface area contributed by atoms with Gasteiger partial charge in [-0.25, -0.2) is 8.42 Å². The maximum atomic E-state index is 13.2. The van der Waals surface area contributed by atoms with Gasteiger partial charge in [0.25, 0.3) is 0 Å². The van der Waals surface area contributed by atoms with Gasteiger partial charge in [-0.2, -0.15) is 0 Å². The fourth-order valence-electron chi connectivity index (χ4n) is 3.52. The molecule has 1 N–H and O–H groups in total. The van der Waals surface area contributed by atoms with Crippen molar-refractivity contribution in [2.75, 3.05) is 15.9 Å². The summed E-state index contributed by atoms with van der Waals surface area (Å²) in [6.45, 7) is 5.97. The van der Waals surface area contributed by atoms with Crippen LogP contribution >= 0.6 is 22.9 Å². The minimum absolute atomic E-state index is 0.0629. The molecule has 7 nitrogen and oxygen atoms in total. The molecule has 0 saturated carbocycles. The Bertz CT molecular complexity index is 1300. The van der Waals surface area contributed by atoms with Crippen LogP contribution in [-0.2, 0) is 21.4 Å². The lowest BCUT2D eigenvalue weighted by Gasteiger charge is -2.31. The Morgan fingerprint density at radius 3 is 2.55 bits per heavy atom. The molecule has 0 aliphatic heterocycles. The summed E-state index contributed by atoms with van der Waals surface area (Å²) in [6, 6.07) is 9.18.